The van der Waals surface area contributed by atoms with E-state index in [4.69, 9.17) is 0 Å². The van der Waals surface area contributed by atoms with E-state index in [1.165, 1.54) is 18.2 Å². The average molecular weight is 220 g/mol. The first-order valence-corrected chi connectivity index (χ1v) is 4.45. The first-order valence-electron chi connectivity index (χ1n) is 4.45. The fourth-order valence-corrected chi connectivity index (χ4v) is 1.17. The Hall–Kier alpha value is -2.57. The highest BCUT2D eigenvalue weighted by Gasteiger charge is 2.10. The smallest absolute Gasteiger partial charge is 0.266 e. The van der Waals surface area contributed by atoms with E-state index in [1.807, 2.05) is 0 Å². The summed E-state index contributed by atoms with van der Waals surface area (Å²) in [5, 5.41) is 15.6. The highest BCUT2D eigenvalue weighted by atomic mass is 16.6. The van der Waals surface area contributed by atoms with Gasteiger partial charge in [-0.15, -0.1) is 4.80 Å². The number of nitro groups is 1. The Morgan fingerprint density at radius 3 is 2.69 bits per heavy atom. The van der Waals surface area contributed by atoms with Crippen LogP contribution < -0.4 is 0 Å². The van der Waals surface area contributed by atoms with Crippen molar-refractivity contribution >= 4 is 17.7 Å². The number of benzene rings is 1. The van der Waals surface area contributed by atoms with Crippen molar-refractivity contribution in [3.05, 3.63) is 46.0 Å². The summed E-state index contributed by atoms with van der Waals surface area (Å²) in [6, 6.07) is 6.21. The molecule has 16 heavy (non-hydrogen) atoms. The molecule has 1 aromatic heterocycles. The van der Waals surface area contributed by atoms with E-state index in [0.29, 0.717) is 5.56 Å². The lowest BCUT2D eigenvalue weighted by atomic mass is 10.1. The number of nitrogens with one attached hydrogen (secondary N) is 2. The molecule has 0 saturated heterocycles. The number of nitrogens with zero attached hydrogens (tertiary/aromatic N) is 2. The van der Waals surface area contributed by atoms with Gasteiger partial charge in [-0.1, -0.05) is 12.1 Å². The molecule has 0 aliphatic rings. The fraction of sp³-hybridized carbons (Fsp3) is 0. The zero-order valence-electron chi connectivity index (χ0n) is 8.08. The predicted molar refractivity (Wildman–Crippen MR) is 55.9 cm³/mol. The standard InChI is InChI=1S/C9H8N4O3/c14-9(12-10-11-12)6-5-7-3-1-2-4-8(7)13(15)16/h1-6,10-11H/b6-5+. The van der Waals surface area contributed by atoms with Gasteiger partial charge in [0.1, 0.15) is 0 Å². The van der Waals surface area contributed by atoms with Gasteiger partial charge >= 0.3 is 0 Å². The Balaban J connectivity index is 2.24. The van der Waals surface area contributed by atoms with Crippen molar-refractivity contribution in [3.63, 3.8) is 0 Å². The van der Waals surface area contributed by atoms with Crippen LogP contribution in [0.5, 0.6) is 0 Å². The van der Waals surface area contributed by atoms with Gasteiger partial charge in [0.15, 0.2) is 0 Å². The monoisotopic (exact) mass is 220 g/mol. The minimum absolute atomic E-state index is 0.0294. The summed E-state index contributed by atoms with van der Waals surface area (Å²) >= 11 is 0. The van der Waals surface area contributed by atoms with Gasteiger partial charge in [-0.3, -0.25) is 14.9 Å². The van der Waals surface area contributed by atoms with Gasteiger partial charge in [-0.2, -0.15) is 0 Å². The number of para-hydroxylation sites is 1. The van der Waals surface area contributed by atoms with Crippen LogP contribution in [0.2, 0.25) is 0 Å². The number of carbonyl (C=O) groups excluding carboxylic acids is 1. The second-order valence-electron chi connectivity index (χ2n) is 3.05. The van der Waals surface area contributed by atoms with Crippen molar-refractivity contribution in [3.8, 4) is 0 Å². The quantitative estimate of drug-likeness (QED) is 0.464. The summed E-state index contributed by atoms with van der Waals surface area (Å²) in [6.45, 7) is 0. The molecule has 0 fully saturated rings. The molecule has 1 heterocycles. The molecule has 0 bridgehead atoms. The van der Waals surface area contributed by atoms with E-state index >= 15 is 0 Å². The zero-order chi connectivity index (χ0) is 11.5. The van der Waals surface area contributed by atoms with Crippen molar-refractivity contribution in [1.82, 2.24) is 15.2 Å². The van der Waals surface area contributed by atoms with Crippen LogP contribution in [0.1, 0.15) is 10.4 Å². The van der Waals surface area contributed by atoms with Gasteiger partial charge in [0, 0.05) is 12.1 Å². The number of hydrogen-bond donors (Lipinski definition) is 2. The maximum absolute atomic E-state index is 11.2. The number of aromatic nitrogens is 3. The van der Waals surface area contributed by atoms with Crippen LogP contribution in [0.4, 0.5) is 5.69 Å². The Morgan fingerprint density at radius 2 is 2.06 bits per heavy atom. The number of rotatable bonds is 3. The predicted octanol–water partition coefficient (Wildman–Crippen LogP) is 1.41. The lowest BCUT2D eigenvalue weighted by Crippen LogP contribution is -1.98. The van der Waals surface area contributed by atoms with Gasteiger partial charge < -0.3 is 0 Å². The number of carbonyl (C=O) groups is 1. The minimum Gasteiger partial charge on any atom is -0.266 e. The summed E-state index contributed by atoms with van der Waals surface area (Å²) in [5.74, 6) is -0.321. The molecule has 0 atom stereocenters. The third-order valence-corrected chi connectivity index (χ3v) is 1.98. The molecule has 0 aliphatic carbocycles. The van der Waals surface area contributed by atoms with Gasteiger partial charge in [-0.25, -0.2) is 10.4 Å². The van der Waals surface area contributed by atoms with Crippen LogP contribution in [0.3, 0.4) is 0 Å². The summed E-state index contributed by atoms with van der Waals surface area (Å²) in [7, 11) is 0. The number of hydrogen-bond acceptors (Lipinski definition) is 3. The minimum atomic E-state index is -0.488. The highest BCUT2D eigenvalue weighted by Crippen LogP contribution is 2.18. The van der Waals surface area contributed by atoms with E-state index in [1.54, 1.807) is 18.2 Å². The molecule has 2 N–H and O–H groups in total. The van der Waals surface area contributed by atoms with Crippen LogP contribution in [-0.2, 0) is 0 Å². The molecule has 7 nitrogen and oxygen atoms in total. The molecule has 0 spiro atoms. The zero-order valence-corrected chi connectivity index (χ0v) is 8.08. The molecule has 0 radical (unpaired) electrons. The number of H-pyrrole nitrogens is 2. The van der Waals surface area contributed by atoms with Crippen LogP contribution in [0.25, 0.3) is 6.08 Å². The van der Waals surface area contributed by atoms with E-state index in [9.17, 15) is 14.9 Å². The average Bonchev–Trinajstić information content (AvgIpc) is 3.10. The van der Waals surface area contributed by atoms with E-state index in [-0.39, 0.29) is 11.6 Å². The first kappa shape index (κ1) is 9.97. The largest absolute Gasteiger partial charge is 0.286 e. The van der Waals surface area contributed by atoms with E-state index in [2.05, 4.69) is 10.4 Å². The normalized spacial score (nSPS) is 11.0. The van der Waals surface area contributed by atoms with Gasteiger partial charge in [0.25, 0.3) is 11.6 Å². The third-order valence-electron chi connectivity index (χ3n) is 1.98. The molecule has 0 amide bonds. The fourth-order valence-electron chi connectivity index (χ4n) is 1.17. The van der Waals surface area contributed by atoms with Crippen LogP contribution >= 0.6 is 0 Å². The Kier molecular flexibility index (Phi) is 2.42. The number of allylic oxidation sites excluding steroid dienone is 1. The topological polar surface area (TPSA) is 96.7 Å². The second-order valence-corrected chi connectivity index (χ2v) is 3.05. The Morgan fingerprint density at radius 1 is 1.38 bits per heavy atom. The lowest BCUT2D eigenvalue weighted by molar-refractivity contribution is -0.385. The van der Waals surface area contributed by atoms with Crippen LogP contribution in [0.15, 0.2) is 30.3 Å². The van der Waals surface area contributed by atoms with Crippen LogP contribution in [-0.4, -0.2) is 26.1 Å². The molecular weight excluding hydrogens is 212 g/mol. The number of nitro benzene ring substituents is 1. The molecule has 2 rings (SSSR count). The second kappa shape index (κ2) is 3.89. The van der Waals surface area contributed by atoms with E-state index in [0.717, 1.165) is 4.80 Å². The molecule has 7 heteroatoms. The molecular formula is C9H8N4O3. The van der Waals surface area contributed by atoms with Gasteiger partial charge in [0.05, 0.1) is 10.5 Å². The lowest BCUT2D eigenvalue weighted by Gasteiger charge is -1.95. The Bertz CT molecular complexity index is 537. The maximum atomic E-state index is 11.2. The summed E-state index contributed by atoms with van der Waals surface area (Å²) < 4.78 is 0. The van der Waals surface area contributed by atoms with Crippen LogP contribution in [0, 0.1) is 10.1 Å². The maximum Gasteiger partial charge on any atom is 0.286 e. The molecule has 82 valence electrons. The van der Waals surface area contributed by atoms with Crippen molar-refractivity contribution in [1.29, 1.82) is 0 Å². The molecule has 0 aliphatic heterocycles. The van der Waals surface area contributed by atoms with Crippen molar-refractivity contribution < 1.29 is 9.72 Å². The van der Waals surface area contributed by atoms with Gasteiger partial charge in [0.2, 0.25) is 0 Å². The summed E-state index contributed by atoms with van der Waals surface area (Å²) in [6.07, 6.45) is 2.65. The van der Waals surface area contributed by atoms with E-state index < -0.39 is 4.92 Å². The molecule has 2 aromatic rings. The highest BCUT2D eigenvalue weighted by molar-refractivity contribution is 5.93. The summed E-state index contributed by atoms with van der Waals surface area (Å²) in [5.41, 5.74) is 0.362. The number of aromatic amines is 2. The van der Waals surface area contributed by atoms with Crippen molar-refractivity contribution in [2.75, 3.05) is 0 Å². The van der Waals surface area contributed by atoms with Crippen molar-refractivity contribution in [2.24, 2.45) is 0 Å². The Labute approximate surface area is 89.5 Å². The van der Waals surface area contributed by atoms with Crippen molar-refractivity contribution in [2.45, 2.75) is 0 Å². The molecule has 1 aromatic carbocycles. The molecule has 0 unspecified atom stereocenters. The third kappa shape index (κ3) is 2.08. The summed E-state index contributed by atoms with van der Waals surface area (Å²) in [4.78, 5) is 22.5. The SMILES string of the molecule is O=C(/C=C/c1ccccc1[N+](=O)[O-])n1[nH][nH]1. The first-order chi connectivity index (χ1) is 7.68. The van der Waals surface area contributed by atoms with Gasteiger partial charge in [-0.05, 0) is 12.1 Å². The molecule has 0 saturated carbocycles.